The van der Waals surface area contributed by atoms with Gasteiger partial charge in [-0.1, -0.05) is 54.4 Å². The Morgan fingerprint density at radius 1 is 1.28 bits per heavy atom. The van der Waals surface area contributed by atoms with E-state index in [1.165, 1.54) is 4.90 Å². The molecule has 0 fully saturated rings. The van der Waals surface area contributed by atoms with E-state index in [1.807, 2.05) is 30.3 Å². The first-order valence-electron chi connectivity index (χ1n) is 7.96. The Kier molecular flexibility index (Phi) is 4.67. The highest BCUT2D eigenvalue weighted by molar-refractivity contribution is 6.42. The first-order valence-corrected chi connectivity index (χ1v) is 8.72. The Morgan fingerprint density at radius 3 is 2.64 bits per heavy atom. The molecule has 2 aromatic carbocycles. The summed E-state index contributed by atoms with van der Waals surface area (Å²) < 4.78 is 0. The van der Waals surface area contributed by atoms with Crippen molar-refractivity contribution >= 4 is 29.1 Å². The highest BCUT2D eigenvalue weighted by Gasteiger charge is 2.40. The molecule has 1 aliphatic rings. The minimum atomic E-state index is -0.967. The van der Waals surface area contributed by atoms with Crippen molar-refractivity contribution in [1.82, 2.24) is 4.90 Å². The number of benzene rings is 2. The number of hydrogen-bond acceptors (Lipinski definition) is 2. The molecule has 0 aromatic heterocycles. The average molecular weight is 376 g/mol. The van der Waals surface area contributed by atoms with Gasteiger partial charge < -0.3 is 10.0 Å². The van der Waals surface area contributed by atoms with Crippen LogP contribution in [-0.2, 0) is 5.41 Å². The number of amides is 1. The molecule has 1 amide bonds. The fourth-order valence-electron chi connectivity index (χ4n) is 3.52. The van der Waals surface area contributed by atoms with Gasteiger partial charge in [-0.05, 0) is 35.7 Å². The predicted molar refractivity (Wildman–Crippen MR) is 101 cm³/mol. The average Bonchev–Trinajstić information content (AvgIpc) is 2.82. The number of hydrogen-bond donors (Lipinski definition) is 1. The quantitative estimate of drug-likeness (QED) is 0.767. The number of aliphatic hydroxyl groups is 1. The van der Waals surface area contributed by atoms with E-state index in [0.717, 1.165) is 11.1 Å². The van der Waals surface area contributed by atoms with E-state index in [2.05, 4.69) is 13.5 Å². The van der Waals surface area contributed by atoms with E-state index in [-0.39, 0.29) is 5.91 Å². The number of fused-ring (bicyclic) bond motifs is 1. The van der Waals surface area contributed by atoms with Crippen LogP contribution in [0.5, 0.6) is 0 Å². The summed E-state index contributed by atoms with van der Waals surface area (Å²) in [4.78, 5) is 13.7. The maximum absolute atomic E-state index is 12.4. The summed E-state index contributed by atoms with van der Waals surface area (Å²) in [5.41, 5.74) is 2.50. The molecule has 2 unspecified atom stereocenters. The van der Waals surface area contributed by atoms with Gasteiger partial charge in [-0.15, -0.1) is 6.58 Å². The molecule has 0 radical (unpaired) electrons. The molecule has 5 heteroatoms. The van der Waals surface area contributed by atoms with Gasteiger partial charge in [0.15, 0.2) is 6.23 Å². The van der Waals surface area contributed by atoms with Crippen LogP contribution >= 0.6 is 23.2 Å². The number of halogens is 2. The van der Waals surface area contributed by atoms with Crippen molar-refractivity contribution in [2.75, 3.05) is 7.05 Å². The molecule has 0 aliphatic carbocycles. The first-order chi connectivity index (χ1) is 11.8. The fraction of sp³-hybridized carbons (Fsp3) is 0.250. The SMILES string of the molecule is C=CCC(C)(c1ccc(Cl)c(Cl)c1)c1cccc2c1C(O)N(C)C2=O. The van der Waals surface area contributed by atoms with Crippen LogP contribution in [0.3, 0.4) is 0 Å². The van der Waals surface area contributed by atoms with Crippen LogP contribution in [0.1, 0.15) is 46.6 Å². The van der Waals surface area contributed by atoms with E-state index in [0.29, 0.717) is 27.6 Å². The highest BCUT2D eigenvalue weighted by Crippen LogP contribution is 2.44. The second-order valence-electron chi connectivity index (χ2n) is 6.51. The van der Waals surface area contributed by atoms with E-state index in [9.17, 15) is 9.90 Å². The Bertz CT molecular complexity index is 865. The molecular weight excluding hydrogens is 357 g/mol. The van der Waals surface area contributed by atoms with Gasteiger partial charge in [0.25, 0.3) is 5.91 Å². The number of carbonyl (C=O) groups is 1. The molecule has 25 heavy (non-hydrogen) atoms. The van der Waals surface area contributed by atoms with Crippen LogP contribution < -0.4 is 0 Å². The minimum Gasteiger partial charge on any atom is -0.369 e. The molecule has 0 saturated heterocycles. The molecule has 0 bridgehead atoms. The summed E-state index contributed by atoms with van der Waals surface area (Å²) >= 11 is 12.3. The minimum absolute atomic E-state index is 0.181. The molecule has 2 aromatic rings. The van der Waals surface area contributed by atoms with E-state index < -0.39 is 11.6 Å². The molecule has 0 saturated carbocycles. The number of allylic oxidation sites excluding steroid dienone is 1. The van der Waals surface area contributed by atoms with Gasteiger partial charge in [0.05, 0.1) is 10.0 Å². The molecule has 3 nitrogen and oxygen atoms in total. The smallest absolute Gasteiger partial charge is 0.256 e. The van der Waals surface area contributed by atoms with Crippen LogP contribution in [0.15, 0.2) is 49.1 Å². The predicted octanol–water partition coefficient (Wildman–Crippen LogP) is 4.95. The fourth-order valence-corrected chi connectivity index (χ4v) is 3.82. The summed E-state index contributed by atoms with van der Waals surface area (Å²) in [7, 11) is 1.60. The second-order valence-corrected chi connectivity index (χ2v) is 7.32. The van der Waals surface area contributed by atoms with Gasteiger partial charge in [-0.2, -0.15) is 0 Å². The van der Waals surface area contributed by atoms with Crippen molar-refractivity contribution in [1.29, 1.82) is 0 Å². The van der Waals surface area contributed by atoms with Gasteiger partial charge >= 0.3 is 0 Å². The van der Waals surface area contributed by atoms with Crippen LogP contribution in [0.2, 0.25) is 10.0 Å². The van der Waals surface area contributed by atoms with Crippen molar-refractivity contribution in [2.24, 2.45) is 0 Å². The van der Waals surface area contributed by atoms with Crippen LogP contribution in [0, 0.1) is 0 Å². The van der Waals surface area contributed by atoms with E-state index in [4.69, 9.17) is 23.2 Å². The van der Waals surface area contributed by atoms with Gasteiger partial charge in [0.2, 0.25) is 0 Å². The largest absolute Gasteiger partial charge is 0.369 e. The zero-order valence-corrected chi connectivity index (χ0v) is 15.6. The molecule has 3 rings (SSSR count). The Balaban J connectivity index is 2.26. The van der Waals surface area contributed by atoms with Crippen molar-refractivity contribution in [2.45, 2.75) is 25.0 Å². The van der Waals surface area contributed by atoms with Crippen molar-refractivity contribution < 1.29 is 9.90 Å². The third-order valence-electron chi connectivity index (χ3n) is 4.99. The van der Waals surface area contributed by atoms with Gasteiger partial charge in [-0.25, -0.2) is 0 Å². The second kappa shape index (κ2) is 6.49. The Labute approximate surface area is 157 Å². The topological polar surface area (TPSA) is 40.5 Å². The highest BCUT2D eigenvalue weighted by atomic mass is 35.5. The monoisotopic (exact) mass is 375 g/mol. The summed E-state index contributed by atoms with van der Waals surface area (Å²) in [6.45, 7) is 5.94. The summed E-state index contributed by atoms with van der Waals surface area (Å²) in [6, 6.07) is 11.1. The maximum atomic E-state index is 12.4. The summed E-state index contributed by atoms with van der Waals surface area (Å²) in [5, 5.41) is 11.6. The van der Waals surface area contributed by atoms with E-state index >= 15 is 0 Å². The van der Waals surface area contributed by atoms with Gasteiger partial charge in [0, 0.05) is 23.6 Å². The molecule has 1 aliphatic heterocycles. The molecule has 2 atom stereocenters. The Morgan fingerprint density at radius 2 is 2.00 bits per heavy atom. The summed E-state index contributed by atoms with van der Waals surface area (Å²) in [5.74, 6) is -0.181. The third-order valence-corrected chi connectivity index (χ3v) is 5.72. The zero-order chi connectivity index (χ0) is 18.4. The molecule has 0 spiro atoms. The van der Waals surface area contributed by atoms with Crippen LogP contribution in [-0.4, -0.2) is 23.0 Å². The van der Waals surface area contributed by atoms with Gasteiger partial charge in [-0.3, -0.25) is 4.79 Å². The molecular formula is C20H19Cl2NO2. The molecule has 130 valence electrons. The number of nitrogens with zero attached hydrogens (tertiary/aromatic N) is 1. The lowest BCUT2D eigenvalue weighted by atomic mass is 9.71. The molecule has 1 heterocycles. The van der Waals surface area contributed by atoms with Gasteiger partial charge in [0.1, 0.15) is 0 Å². The van der Waals surface area contributed by atoms with E-state index in [1.54, 1.807) is 19.2 Å². The van der Waals surface area contributed by atoms with Crippen molar-refractivity contribution in [3.63, 3.8) is 0 Å². The normalized spacial score (nSPS) is 18.8. The Hall–Kier alpha value is -1.81. The lowest BCUT2D eigenvalue weighted by Crippen LogP contribution is -2.27. The van der Waals surface area contributed by atoms with Crippen molar-refractivity contribution in [3.8, 4) is 0 Å². The lowest BCUT2D eigenvalue weighted by Gasteiger charge is -2.33. The number of rotatable bonds is 4. The standard InChI is InChI=1S/C20H19Cl2NO2/c1-4-10-20(2,12-8-9-15(21)16(22)11-12)14-7-5-6-13-17(14)19(25)23(3)18(13)24/h4-9,11,19,25H,1,10H2,2-3H3. The third kappa shape index (κ3) is 2.77. The maximum Gasteiger partial charge on any atom is 0.256 e. The van der Waals surface area contributed by atoms with Crippen LogP contribution in [0.25, 0.3) is 0 Å². The zero-order valence-electron chi connectivity index (χ0n) is 14.1. The lowest BCUT2D eigenvalue weighted by molar-refractivity contribution is 0.0295. The number of aliphatic hydroxyl groups excluding tert-OH is 1. The summed E-state index contributed by atoms with van der Waals surface area (Å²) in [6.07, 6.45) is 1.48. The first kappa shape index (κ1) is 18.0. The van der Waals surface area contributed by atoms with Crippen LogP contribution in [0.4, 0.5) is 0 Å². The molecule has 1 N–H and O–H groups in total. The number of carbonyl (C=O) groups excluding carboxylic acids is 1. The van der Waals surface area contributed by atoms with Crippen molar-refractivity contribution in [3.05, 3.63) is 81.4 Å².